The van der Waals surface area contributed by atoms with E-state index < -0.39 is 24.4 Å². The van der Waals surface area contributed by atoms with Crippen molar-refractivity contribution in [1.29, 1.82) is 0 Å². The van der Waals surface area contributed by atoms with E-state index >= 15 is 0 Å². The van der Waals surface area contributed by atoms with Crippen molar-refractivity contribution in [3.05, 3.63) is 0 Å². The third-order valence-electron chi connectivity index (χ3n) is 4.57. The van der Waals surface area contributed by atoms with Gasteiger partial charge in [-0.1, -0.05) is 0 Å². The highest BCUT2D eigenvalue weighted by molar-refractivity contribution is 4.92. The van der Waals surface area contributed by atoms with Gasteiger partial charge in [0.05, 0.1) is 24.4 Å². The average Bonchev–Trinajstić information content (AvgIpc) is 2.98. The Morgan fingerprint density at radius 2 is 1.00 bits per heavy atom. The molecule has 0 aromatic heterocycles. The summed E-state index contributed by atoms with van der Waals surface area (Å²) in [6, 6.07) is 0. The van der Waals surface area contributed by atoms with Crippen LogP contribution in [-0.2, 0) is 9.47 Å². The summed E-state index contributed by atoms with van der Waals surface area (Å²) in [5.74, 6) is -0.482. The third kappa shape index (κ3) is 4.36. The van der Waals surface area contributed by atoms with Crippen molar-refractivity contribution in [3.63, 3.8) is 0 Å². The van der Waals surface area contributed by atoms with Crippen molar-refractivity contribution < 1.29 is 40.1 Å². The molecule has 2 saturated carbocycles. The van der Waals surface area contributed by atoms with E-state index in [1.54, 1.807) is 0 Å². The van der Waals surface area contributed by atoms with Gasteiger partial charge in [-0.3, -0.25) is 0 Å². The van der Waals surface area contributed by atoms with Crippen LogP contribution in [0.15, 0.2) is 0 Å². The standard InChI is InChI=1S/2C7H14O4/c2*1-11-5-2-4(3-8)6(9)7(5)10/h2*4-10H,2-3H2,1H3/t4-,5+,6-,7-;4-,5-,6-,7-/m11/s1. The molecule has 0 aliphatic heterocycles. The number of aliphatic hydroxyl groups is 6. The summed E-state index contributed by atoms with van der Waals surface area (Å²) in [5, 5.41) is 54.6. The van der Waals surface area contributed by atoms with Crippen LogP contribution in [0.5, 0.6) is 0 Å². The van der Waals surface area contributed by atoms with Crippen molar-refractivity contribution in [2.75, 3.05) is 27.4 Å². The van der Waals surface area contributed by atoms with Gasteiger partial charge in [-0.05, 0) is 12.8 Å². The van der Waals surface area contributed by atoms with Gasteiger partial charge < -0.3 is 40.1 Å². The molecule has 0 heterocycles. The van der Waals surface area contributed by atoms with Crippen LogP contribution >= 0.6 is 0 Å². The van der Waals surface area contributed by atoms with Crippen molar-refractivity contribution >= 4 is 0 Å². The zero-order valence-electron chi connectivity index (χ0n) is 12.9. The van der Waals surface area contributed by atoms with E-state index in [4.69, 9.17) is 19.7 Å². The highest BCUT2D eigenvalue weighted by Crippen LogP contribution is 2.28. The molecule has 6 N–H and O–H groups in total. The molecule has 132 valence electrons. The molecule has 2 rings (SSSR count). The minimum absolute atomic E-state index is 0.0991. The van der Waals surface area contributed by atoms with Gasteiger partial charge in [0, 0.05) is 39.3 Å². The molecule has 0 spiro atoms. The summed E-state index contributed by atoms with van der Waals surface area (Å²) in [4.78, 5) is 0. The highest BCUT2D eigenvalue weighted by atomic mass is 16.5. The van der Waals surface area contributed by atoms with E-state index in [9.17, 15) is 20.4 Å². The van der Waals surface area contributed by atoms with Gasteiger partial charge in [0.2, 0.25) is 0 Å². The molecule has 0 aromatic carbocycles. The maximum absolute atomic E-state index is 9.27. The molecule has 0 saturated heterocycles. The molecule has 0 aromatic rings. The van der Waals surface area contributed by atoms with Gasteiger partial charge in [0.1, 0.15) is 12.2 Å². The van der Waals surface area contributed by atoms with Crippen LogP contribution in [0.25, 0.3) is 0 Å². The molecule has 2 aliphatic carbocycles. The monoisotopic (exact) mass is 324 g/mol. The Kier molecular flexibility index (Phi) is 8.15. The summed E-state index contributed by atoms with van der Waals surface area (Å²) in [6.45, 7) is -0.198. The zero-order valence-corrected chi connectivity index (χ0v) is 12.9. The summed E-state index contributed by atoms with van der Waals surface area (Å²) < 4.78 is 9.81. The van der Waals surface area contributed by atoms with E-state index in [-0.39, 0.29) is 37.3 Å². The number of hydrogen-bond acceptors (Lipinski definition) is 8. The molecule has 0 radical (unpaired) electrons. The summed E-state index contributed by atoms with van der Waals surface area (Å²) in [5.41, 5.74) is 0. The second kappa shape index (κ2) is 9.09. The number of aliphatic hydroxyl groups excluding tert-OH is 6. The molecule has 8 nitrogen and oxygen atoms in total. The molecule has 8 heteroatoms. The van der Waals surface area contributed by atoms with Crippen LogP contribution in [0.3, 0.4) is 0 Å². The molecule has 0 amide bonds. The minimum Gasteiger partial charge on any atom is -0.396 e. The Bertz CT molecular complexity index is 249. The Hall–Kier alpha value is -0.320. The first-order valence-electron chi connectivity index (χ1n) is 7.40. The third-order valence-corrected chi connectivity index (χ3v) is 4.57. The van der Waals surface area contributed by atoms with Crippen molar-refractivity contribution in [3.8, 4) is 0 Å². The van der Waals surface area contributed by atoms with Crippen LogP contribution in [-0.4, -0.2) is 94.7 Å². The maximum Gasteiger partial charge on any atom is 0.106 e. The predicted octanol–water partition coefficient (Wildman–Crippen LogP) is -2.53. The smallest absolute Gasteiger partial charge is 0.106 e. The fourth-order valence-electron chi connectivity index (χ4n) is 2.99. The summed E-state index contributed by atoms with van der Waals surface area (Å²) >= 11 is 0. The topological polar surface area (TPSA) is 140 Å². The quantitative estimate of drug-likeness (QED) is 0.333. The van der Waals surface area contributed by atoms with Crippen LogP contribution in [0.4, 0.5) is 0 Å². The Morgan fingerprint density at radius 3 is 1.14 bits per heavy atom. The normalized spacial score (nSPS) is 44.7. The van der Waals surface area contributed by atoms with Crippen molar-refractivity contribution in [1.82, 2.24) is 0 Å². The largest absolute Gasteiger partial charge is 0.396 e. The molecule has 0 bridgehead atoms. The second-order valence-electron chi connectivity index (χ2n) is 5.87. The number of hydrogen-bond donors (Lipinski definition) is 6. The van der Waals surface area contributed by atoms with E-state index in [1.807, 2.05) is 0 Å². The van der Waals surface area contributed by atoms with Crippen molar-refractivity contribution in [2.45, 2.75) is 49.5 Å². The van der Waals surface area contributed by atoms with Gasteiger partial charge >= 0.3 is 0 Å². The van der Waals surface area contributed by atoms with Gasteiger partial charge in [0.15, 0.2) is 0 Å². The number of ether oxygens (including phenoxy) is 2. The van der Waals surface area contributed by atoms with E-state index in [0.29, 0.717) is 12.8 Å². The molecule has 0 unspecified atom stereocenters. The lowest BCUT2D eigenvalue weighted by Crippen LogP contribution is -2.32. The SMILES string of the molecule is CO[C@@H]1C[C@H](CO)[C@@H](O)[C@@H]1O.CO[C@H]1C[C@H](CO)[C@@H](O)[C@@H]1O. The first-order valence-corrected chi connectivity index (χ1v) is 7.40. The van der Waals surface area contributed by atoms with Crippen LogP contribution in [0, 0.1) is 11.8 Å². The predicted molar refractivity (Wildman–Crippen MR) is 76.0 cm³/mol. The van der Waals surface area contributed by atoms with Crippen LogP contribution < -0.4 is 0 Å². The first kappa shape index (κ1) is 19.7. The molecule has 2 aliphatic rings. The molecule has 22 heavy (non-hydrogen) atoms. The summed E-state index contributed by atoms with van der Waals surface area (Å²) in [6.07, 6.45) is -3.00. The highest BCUT2D eigenvalue weighted by Gasteiger charge is 2.41. The Morgan fingerprint density at radius 1 is 0.682 bits per heavy atom. The molecular formula is C14H28O8. The minimum atomic E-state index is -0.850. The van der Waals surface area contributed by atoms with Gasteiger partial charge in [-0.2, -0.15) is 0 Å². The van der Waals surface area contributed by atoms with Crippen LogP contribution in [0.1, 0.15) is 12.8 Å². The fourth-order valence-corrected chi connectivity index (χ4v) is 2.99. The van der Waals surface area contributed by atoms with Gasteiger partial charge in [-0.25, -0.2) is 0 Å². The molecular weight excluding hydrogens is 296 g/mol. The first-order chi connectivity index (χ1) is 10.4. The lowest BCUT2D eigenvalue weighted by Gasteiger charge is -2.14. The van der Waals surface area contributed by atoms with E-state index in [2.05, 4.69) is 0 Å². The summed E-state index contributed by atoms with van der Waals surface area (Å²) in [7, 11) is 2.97. The number of methoxy groups -OCH3 is 2. The van der Waals surface area contributed by atoms with Crippen LogP contribution in [0.2, 0.25) is 0 Å². The van der Waals surface area contributed by atoms with Crippen molar-refractivity contribution in [2.24, 2.45) is 11.8 Å². The maximum atomic E-state index is 9.27. The number of rotatable bonds is 4. The van der Waals surface area contributed by atoms with E-state index in [1.165, 1.54) is 14.2 Å². The average molecular weight is 324 g/mol. The second-order valence-corrected chi connectivity index (χ2v) is 5.87. The lowest BCUT2D eigenvalue weighted by atomic mass is 10.1. The zero-order chi connectivity index (χ0) is 16.9. The Labute approximate surface area is 129 Å². The fraction of sp³-hybridized carbons (Fsp3) is 1.00. The Balaban J connectivity index is 0.000000220. The van der Waals surface area contributed by atoms with Gasteiger partial charge in [-0.15, -0.1) is 0 Å². The van der Waals surface area contributed by atoms with E-state index in [0.717, 1.165) is 0 Å². The molecule has 8 atom stereocenters. The molecule has 2 fully saturated rings. The lowest BCUT2D eigenvalue weighted by molar-refractivity contribution is -0.0440. The van der Waals surface area contributed by atoms with Gasteiger partial charge in [0.25, 0.3) is 0 Å².